The smallest absolute Gasteiger partial charge is 0.251 e. The summed E-state index contributed by atoms with van der Waals surface area (Å²) in [4.78, 5) is 20.0. The van der Waals surface area contributed by atoms with E-state index in [2.05, 4.69) is 20.6 Å². The van der Waals surface area contributed by atoms with Gasteiger partial charge in [0.25, 0.3) is 5.91 Å². The number of carbonyl (C=O) groups is 1. The Balaban J connectivity index is 1.73. The summed E-state index contributed by atoms with van der Waals surface area (Å²) < 4.78 is 0. The second-order valence-electron chi connectivity index (χ2n) is 5.67. The Bertz CT molecular complexity index is 745. The molecule has 2 aromatic rings. The van der Waals surface area contributed by atoms with E-state index < -0.39 is 0 Å². The van der Waals surface area contributed by atoms with Gasteiger partial charge in [-0.15, -0.1) is 0 Å². The highest BCUT2D eigenvalue weighted by atomic mass is 35.5. The highest BCUT2D eigenvalue weighted by molar-refractivity contribution is 6.32. The van der Waals surface area contributed by atoms with Crippen molar-refractivity contribution in [2.75, 3.05) is 11.1 Å². The first kappa shape index (κ1) is 15.6. The first-order valence-electron chi connectivity index (χ1n) is 7.45. The fraction of sp³-hybridized carbons (Fsp3) is 0.312. The summed E-state index contributed by atoms with van der Waals surface area (Å²) in [5.74, 6) is 0.454. The number of hydrogen-bond donors (Lipinski definition) is 3. The molecule has 3 rings (SSSR count). The number of carbonyl (C=O) groups excluding carboxylic acids is 1. The van der Waals surface area contributed by atoms with Gasteiger partial charge in [-0.05, 0) is 43.0 Å². The molecule has 1 aromatic heterocycles. The number of rotatable bonds is 5. The predicted octanol–water partition coefficient (Wildman–Crippen LogP) is 2.52. The van der Waals surface area contributed by atoms with Crippen LogP contribution in [0.3, 0.4) is 0 Å². The van der Waals surface area contributed by atoms with Crippen LogP contribution in [0.5, 0.6) is 0 Å². The van der Waals surface area contributed by atoms with Gasteiger partial charge in [0.1, 0.15) is 12.0 Å². The third kappa shape index (κ3) is 3.71. The molecule has 0 spiro atoms. The van der Waals surface area contributed by atoms with Gasteiger partial charge in [0.05, 0.1) is 0 Å². The van der Waals surface area contributed by atoms with E-state index in [1.165, 1.54) is 6.33 Å². The van der Waals surface area contributed by atoms with E-state index in [4.69, 9.17) is 17.3 Å². The van der Waals surface area contributed by atoms with Gasteiger partial charge in [-0.3, -0.25) is 4.79 Å². The van der Waals surface area contributed by atoms with Crippen molar-refractivity contribution in [1.29, 1.82) is 0 Å². The number of nitrogen functional groups attached to an aromatic ring is 1. The SMILES string of the molecule is Cc1ccc(C(=O)NC2CC2)cc1CNc1ncnc(Cl)c1N. The topological polar surface area (TPSA) is 92.9 Å². The van der Waals surface area contributed by atoms with E-state index in [0.29, 0.717) is 29.7 Å². The molecule has 1 aliphatic carbocycles. The predicted molar refractivity (Wildman–Crippen MR) is 90.4 cm³/mol. The number of aryl methyl sites for hydroxylation is 1. The van der Waals surface area contributed by atoms with Crippen LogP contribution in [0.2, 0.25) is 5.15 Å². The summed E-state index contributed by atoms with van der Waals surface area (Å²) in [6.07, 6.45) is 3.49. The maximum Gasteiger partial charge on any atom is 0.251 e. The van der Waals surface area contributed by atoms with E-state index in [0.717, 1.165) is 24.0 Å². The molecule has 0 unspecified atom stereocenters. The van der Waals surface area contributed by atoms with Crippen LogP contribution >= 0.6 is 11.6 Å². The molecule has 1 heterocycles. The number of hydrogen-bond acceptors (Lipinski definition) is 5. The van der Waals surface area contributed by atoms with Gasteiger partial charge in [-0.2, -0.15) is 0 Å². The molecule has 6 nitrogen and oxygen atoms in total. The maximum atomic E-state index is 12.1. The Morgan fingerprint density at radius 2 is 2.17 bits per heavy atom. The van der Waals surface area contributed by atoms with Gasteiger partial charge in [-0.1, -0.05) is 17.7 Å². The number of nitrogens with one attached hydrogen (secondary N) is 2. The third-order valence-corrected chi connectivity index (χ3v) is 4.11. The van der Waals surface area contributed by atoms with Gasteiger partial charge >= 0.3 is 0 Å². The van der Waals surface area contributed by atoms with Crippen molar-refractivity contribution in [2.24, 2.45) is 0 Å². The average Bonchev–Trinajstić information content (AvgIpc) is 3.34. The fourth-order valence-electron chi connectivity index (χ4n) is 2.19. The third-order valence-electron chi connectivity index (χ3n) is 3.81. The Kier molecular flexibility index (Phi) is 4.34. The van der Waals surface area contributed by atoms with Crippen molar-refractivity contribution < 1.29 is 4.79 Å². The Morgan fingerprint density at radius 1 is 1.39 bits per heavy atom. The summed E-state index contributed by atoms with van der Waals surface area (Å²) in [7, 11) is 0. The minimum absolute atomic E-state index is 0.0293. The largest absolute Gasteiger partial charge is 0.393 e. The quantitative estimate of drug-likeness (QED) is 0.732. The molecule has 0 radical (unpaired) electrons. The molecule has 0 saturated heterocycles. The molecule has 7 heteroatoms. The zero-order valence-electron chi connectivity index (χ0n) is 12.8. The van der Waals surface area contributed by atoms with Crippen molar-refractivity contribution in [3.8, 4) is 0 Å². The van der Waals surface area contributed by atoms with Crippen LogP contribution in [-0.4, -0.2) is 21.9 Å². The van der Waals surface area contributed by atoms with Gasteiger partial charge in [0.2, 0.25) is 0 Å². The molecular formula is C16H18ClN5O. The van der Waals surface area contributed by atoms with Gasteiger partial charge in [0, 0.05) is 18.2 Å². The van der Waals surface area contributed by atoms with Crippen LogP contribution < -0.4 is 16.4 Å². The number of nitrogens with two attached hydrogens (primary N) is 1. The monoisotopic (exact) mass is 331 g/mol. The molecular weight excluding hydrogens is 314 g/mol. The molecule has 1 saturated carbocycles. The summed E-state index contributed by atoms with van der Waals surface area (Å²) in [5.41, 5.74) is 8.90. The minimum atomic E-state index is -0.0293. The Hall–Kier alpha value is -2.34. The molecule has 1 aromatic carbocycles. The Morgan fingerprint density at radius 3 is 2.91 bits per heavy atom. The first-order valence-corrected chi connectivity index (χ1v) is 7.82. The van der Waals surface area contributed by atoms with Crippen LogP contribution in [0.4, 0.5) is 11.5 Å². The second kappa shape index (κ2) is 6.42. The van der Waals surface area contributed by atoms with E-state index >= 15 is 0 Å². The minimum Gasteiger partial charge on any atom is -0.393 e. The maximum absolute atomic E-state index is 12.1. The normalized spacial score (nSPS) is 13.7. The number of aromatic nitrogens is 2. The molecule has 4 N–H and O–H groups in total. The lowest BCUT2D eigenvalue weighted by Crippen LogP contribution is -2.25. The van der Waals surface area contributed by atoms with Gasteiger partial charge < -0.3 is 16.4 Å². The highest BCUT2D eigenvalue weighted by Gasteiger charge is 2.23. The second-order valence-corrected chi connectivity index (χ2v) is 6.03. The fourth-order valence-corrected chi connectivity index (χ4v) is 2.33. The highest BCUT2D eigenvalue weighted by Crippen LogP contribution is 2.23. The van der Waals surface area contributed by atoms with Crippen LogP contribution in [0.25, 0.3) is 0 Å². The molecule has 1 amide bonds. The van der Waals surface area contributed by atoms with Crippen molar-refractivity contribution in [2.45, 2.75) is 32.4 Å². The van der Waals surface area contributed by atoms with Gasteiger partial charge in [0.15, 0.2) is 11.0 Å². The molecule has 0 aliphatic heterocycles. The van der Waals surface area contributed by atoms with Crippen LogP contribution in [0.1, 0.15) is 34.3 Å². The van der Waals surface area contributed by atoms with E-state index in [-0.39, 0.29) is 11.1 Å². The van der Waals surface area contributed by atoms with Crippen LogP contribution in [-0.2, 0) is 6.54 Å². The number of anilines is 2. The number of amides is 1. The van der Waals surface area contributed by atoms with E-state index in [1.807, 2.05) is 25.1 Å². The summed E-state index contributed by atoms with van der Waals surface area (Å²) in [5, 5.41) is 6.35. The van der Waals surface area contributed by atoms with Crippen molar-refractivity contribution in [3.63, 3.8) is 0 Å². The lowest BCUT2D eigenvalue weighted by molar-refractivity contribution is 0.0951. The molecule has 0 bridgehead atoms. The zero-order valence-corrected chi connectivity index (χ0v) is 13.5. The van der Waals surface area contributed by atoms with Crippen LogP contribution in [0, 0.1) is 6.92 Å². The molecule has 0 atom stereocenters. The van der Waals surface area contributed by atoms with Gasteiger partial charge in [-0.25, -0.2) is 9.97 Å². The molecule has 1 fully saturated rings. The first-order chi connectivity index (χ1) is 11.0. The Labute approximate surface area is 139 Å². The molecule has 23 heavy (non-hydrogen) atoms. The summed E-state index contributed by atoms with van der Waals surface area (Å²) >= 11 is 5.88. The average molecular weight is 332 g/mol. The van der Waals surface area contributed by atoms with Crippen molar-refractivity contribution in [3.05, 3.63) is 46.4 Å². The lowest BCUT2D eigenvalue weighted by atomic mass is 10.0. The lowest BCUT2D eigenvalue weighted by Gasteiger charge is -2.12. The van der Waals surface area contributed by atoms with Crippen LogP contribution in [0.15, 0.2) is 24.5 Å². The molecule has 1 aliphatic rings. The number of benzene rings is 1. The van der Waals surface area contributed by atoms with Crippen molar-refractivity contribution >= 4 is 29.0 Å². The standard InChI is InChI=1S/C16H18ClN5O/c1-9-2-3-10(16(23)22-12-4-5-12)6-11(9)7-19-15-13(18)14(17)20-8-21-15/h2-3,6,8,12H,4-5,7,18H2,1H3,(H,22,23)(H,19,20,21). The number of nitrogens with zero attached hydrogens (tertiary/aromatic N) is 2. The van der Waals surface area contributed by atoms with E-state index in [9.17, 15) is 4.79 Å². The van der Waals surface area contributed by atoms with Crippen molar-refractivity contribution in [1.82, 2.24) is 15.3 Å². The number of halogens is 1. The zero-order chi connectivity index (χ0) is 16.4. The molecule has 120 valence electrons. The van der Waals surface area contributed by atoms with E-state index in [1.54, 1.807) is 0 Å². The summed E-state index contributed by atoms with van der Waals surface area (Å²) in [6.45, 7) is 2.49. The summed E-state index contributed by atoms with van der Waals surface area (Å²) in [6, 6.07) is 6.01.